The van der Waals surface area contributed by atoms with Crippen LogP contribution in [0, 0.1) is 0 Å². The molecule has 0 spiro atoms. The Bertz CT molecular complexity index is 2520. The van der Waals surface area contributed by atoms with E-state index in [2.05, 4.69) is 166 Å². The molecule has 0 amide bonds. The lowest BCUT2D eigenvalue weighted by Gasteiger charge is -2.29. The van der Waals surface area contributed by atoms with Crippen molar-refractivity contribution >= 4 is 21.5 Å². The normalized spacial score (nSPS) is 13.4. The molecule has 2 aliphatic rings. The Morgan fingerprint density at radius 1 is 0.408 bits per heavy atom. The predicted octanol–water partition coefficient (Wildman–Crippen LogP) is 13.1. The van der Waals surface area contributed by atoms with E-state index in [0.29, 0.717) is 0 Å². The molecule has 10 rings (SSSR count). The number of fused-ring (bicyclic) bond motifs is 7. The Balaban J connectivity index is 1.28. The second-order valence-electron chi connectivity index (χ2n) is 13.6. The van der Waals surface area contributed by atoms with E-state index in [1.807, 2.05) is 0 Å². The summed E-state index contributed by atoms with van der Waals surface area (Å²) in [5.74, 6) is 0. The van der Waals surface area contributed by atoms with Gasteiger partial charge in [-0.25, -0.2) is 4.98 Å². The van der Waals surface area contributed by atoms with Gasteiger partial charge in [-0.1, -0.05) is 159 Å². The molecule has 2 aliphatic carbocycles. The van der Waals surface area contributed by atoms with E-state index >= 15 is 0 Å². The monoisotopic (exact) mass is 625 g/mol. The third-order valence-electron chi connectivity index (χ3n) is 11.5. The summed E-state index contributed by atoms with van der Waals surface area (Å²) in [5, 5.41) is 5.14. The Morgan fingerprint density at radius 3 is 1.59 bits per heavy atom. The van der Waals surface area contributed by atoms with Crippen molar-refractivity contribution in [2.24, 2.45) is 0 Å². The molecule has 0 N–H and O–H groups in total. The van der Waals surface area contributed by atoms with Crippen LogP contribution in [-0.4, -0.2) is 4.98 Å². The molecule has 1 aromatic heterocycles. The van der Waals surface area contributed by atoms with E-state index in [0.717, 1.165) is 24.2 Å². The van der Waals surface area contributed by atoms with Crippen LogP contribution in [0.1, 0.15) is 37.8 Å². The van der Waals surface area contributed by atoms with E-state index < -0.39 is 0 Å². The van der Waals surface area contributed by atoms with E-state index in [9.17, 15) is 0 Å². The summed E-state index contributed by atoms with van der Waals surface area (Å²) in [5.41, 5.74) is 17.8. The molecular formula is C48H35N. The molecule has 0 aliphatic heterocycles. The SMILES string of the molecule is CCC1(CC)c2ccccc2-c2nc(-c3ccc4c5c(cccc35)-c3c-4c(-c4ccccc4)c4ccccc4c3-c3ccccc3)ccc21. The van der Waals surface area contributed by atoms with Crippen LogP contribution in [0.4, 0.5) is 0 Å². The van der Waals surface area contributed by atoms with E-state index in [4.69, 9.17) is 4.98 Å². The van der Waals surface area contributed by atoms with Crippen molar-refractivity contribution in [1.29, 1.82) is 0 Å². The van der Waals surface area contributed by atoms with Crippen molar-refractivity contribution in [1.82, 2.24) is 4.98 Å². The maximum atomic E-state index is 5.51. The Kier molecular flexibility index (Phi) is 6.11. The van der Waals surface area contributed by atoms with Gasteiger partial charge in [-0.15, -0.1) is 0 Å². The first-order valence-electron chi connectivity index (χ1n) is 17.6. The lowest BCUT2D eigenvalue weighted by molar-refractivity contribution is 0.490. The Morgan fingerprint density at radius 2 is 0.939 bits per heavy atom. The number of benzene rings is 7. The smallest absolute Gasteiger partial charge is 0.0753 e. The van der Waals surface area contributed by atoms with Gasteiger partial charge in [0, 0.05) is 16.5 Å². The van der Waals surface area contributed by atoms with Crippen LogP contribution in [0.3, 0.4) is 0 Å². The number of pyridine rings is 1. The highest BCUT2D eigenvalue weighted by Crippen LogP contribution is 2.59. The first-order chi connectivity index (χ1) is 24.2. The maximum Gasteiger partial charge on any atom is 0.0753 e. The molecule has 1 heteroatoms. The zero-order valence-electron chi connectivity index (χ0n) is 27.8. The highest BCUT2D eigenvalue weighted by atomic mass is 14.7. The molecule has 0 fully saturated rings. The molecule has 0 atom stereocenters. The lowest BCUT2D eigenvalue weighted by atomic mass is 9.74. The molecule has 7 aromatic carbocycles. The van der Waals surface area contributed by atoms with Crippen LogP contribution < -0.4 is 0 Å². The number of nitrogens with zero attached hydrogens (tertiary/aromatic N) is 1. The molecule has 0 saturated heterocycles. The fraction of sp³-hybridized carbons (Fsp3) is 0.104. The molecule has 49 heavy (non-hydrogen) atoms. The first-order valence-corrected chi connectivity index (χ1v) is 17.6. The van der Waals surface area contributed by atoms with Crippen LogP contribution in [0.15, 0.2) is 152 Å². The third-order valence-corrected chi connectivity index (χ3v) is 11.5. The van der Waals surface area contributed by atoms with E-state index in [1.165, 1.54) is 88.3 Å². The van der Waals surface area contributed by atoms with E-state index in [1.54, 1.807) is 0 Å². The minimum atomic E-state index is 0.0186. The zero-order valence-corrected chi connectivity index (χ0v) is 27.8. The van der Waals surface area contributed by atoms with Crippen LogP contribution in [-0.2, 0) is 5.41 Å². The van der Waals surface area contributed by atoms with Gasteiger partial charge >= 0.3 is 0 Å². The molecule has 0 bridgehead atoms. The van der Waals surface area contributed by atoms with Crippen molar-refractivity contribution in [2.75, 3.05) is 0 Å². The number of aromatic nitrogens is 1. The van der Waals surface area contributed by atoms with Gasteiger partial charge < -0.3 is 0 Å². The Labute approximate surface area is 287 Å². The van der Waals surface area contributed by atoms with Gasteiger partial charge in [-0.2, -0.15) is 0 Å². The van der Waals surface area contributed by atoms with Crippen molar-refractivity contribution in [3.8, 4) is 67.0 Å². The summed E-state index contributed by atoms with van der Waals surface area (Å²) in [6, 6.07) is 56.0. The zero-order chi connectivity index (χ0) is 32.7. The second kappa shape index (κ2) is 10.6. The molecule has 0 unspecified atom stereocenters. The third kappa shape index (κ3) is 3.79. The molecule has 232 valence electrons. The summed E-state index contributed by atoms with van der Waals surface area (Å²) < 4.78 is 0. The van der Waals surface area contributed by atoms with Crippen LogP contribution >= 0.6 is 0 Å². The quantitative estimate of drug-likeness (QED) is 0.185. The van der Waals surface area contributed by atoms with Gasteiger partial charge in [0.05, 0.1) is 11.4 Å². The van der Waals surface area contributed by atoms with Gasteiger partial charge in [0.15, 0.2) is 0 Å². The second-order valence-corrected chi connectivity index (χ2v) is 13.6. The summed E-state index contributed by atoms with van der Waals surface area (Å²) in [6.07, 6.45) is 2.13. The molecule has 0 saturated carbocycles. The number of hydrogen-bond donors (Lipinski definition) is 0. The van der Waals surface area contributed by atoms with Crippen molar-refractivity contribution < 1.29 is 0 Å². The van der Waals surface area contributed by atoms with Crippen LogP contribution in [0.5, 0.6) is 0 Å². The molecular weight excluding hydrogens is 591 g/mol. The minimum Gasteiger partial charge on any atom is -0.247 e. The van der Waals surface area contributed by atoms with Gasteiger partial charge in [-0.05, 0) is 96.1 Å². The number of hydrogen-bond acceptors (Lipinski definition) is 1. The maximum absolute atomic E-state index is 5.51. The van der Waals surface area contributed by atoms with Crippen molar-refractivity contribution in [2.45, 2.75) is 32.1 Å². The van der Waals surface area contributed by atoms with E-state index in [-0.39, 0.29) is 5.41 Å². The molecule has 1 nitrogen and oxygen atoms in total. The predicted molar refractivity (Wildman–Crippen MR) is 207 cm³/mol. The van der Waals surface area contributed by atoms with Gasteiger partial charge in [0.1, 0.15) is 0 Å². The molecule has 0 radical (unpaired) electrons. The first kappa shape index (κ1) is 28.2. The summed E-state index contributed by atoms with van der Waals surface area (Å²) in [4.78, 5) is 5.51. The molecule has 1 heterocycles. The largest absolute Gasteiger partial charge is 0.247 e. The standard InChI is InChI=1S/C48H35N/c1-3-48(4-2)39-25-14-13-22-36(39)47-40(48)28-29-41(49-47)32-26-27-38-44-33(32)23-15-24-37(44)45-42(30-16-7-5-8-17-30)34-20-11-12-21-35(34)43(46(38)45)31-18-9-6-10-19-31/h5-29H,3-4H2,1-2H3. The summed E-state index contributed by atoms with van der Waals surface area (Å²) in [7, 11) is 0. The average Bonchev–Trinajstić information content (AvgIpc) is 3.65. The number of rotatable bonds is 5. The average molecular weight is 626 g/mol. The minimum absolute atomic E-state index is 0.0186. The highest BCUT2D eigenvalue weighted by molar-refractivity contribution is 6.28. The summed E-state index contributed by atoms with van der Waals surface area (Å²) >= 11 is 0. The lowest BCUT2D eigenvalue weighted by Crippen LogP contribution is -2.23. The van der Waals surface area contributed by atoms with Gasteiger partial charge in [-0.3, -0.25) is 0 Å². The van der Waals surface area contributed by atoms with Gasteiger partial charge in [0.2, 0.25) is 0 Å². The van der Waals surface area contributed by atoms with Crippen molar-refractivity contribution in [3.63, 3.8) is 0 Å². The fourth-order valence-electron chi connectivity index (χ4n) is 9.30. The molecule has 8 aromatic rings. The Hall–Kier alpha value is -5.79. The van der Waals surface area contributed by atoms with Crippen LogP contribution in [0.25, 0.3) is 88.6 Å². The topological polar surface area (TPSA) is 12.9 Å². The fourth-order valence-corrected chi connectivity index (χ4v) is 9.30. The van der Waals surface area contributed by atoms with Crippen molar-refractivity contribution in [3.05, 3.63) is 163 Å². The highest BCUT2D eigenvalue weighted by Gasteiger charge is 2.41. The van der Waals surface area contributed by atoms with Gasteiger partial charge in [0.25, 0.3) is 0 Å². The summed E-state index contributed by atoms with van der Waals surface area (Å²) in [6.45, 7) is 4.64. The van der Waals surface area contributed by atoms with Crippen LogP contribution in [0.2, 0.25) is 0 Å².